The Hall–Kier alpha value is -1.46. The molecule has 0 saturated heterocycles. The molecule has 1 aromatic heterocycles. The number of rotatable bonds is 6. The maximum Gasteiger partial charge on any atom is 0.192 e. The lowest BCUT2D eigenvalue weighted by Crippen LogP contribution is -2.01. The summed E-state index contributed by atoms with van der Waals surface area (Å²) in [5.74, 6) is 1.30. The second-order valence-corrected chi connectivity index (χ2v) is 7.34. The van der Waals surface area contributed by atoms with Gasteiger partial charge in [-0.25, -0.2) is 0 Å². The van der Waals surface area contributed by atoms with Crippen LogP contribution in [0.3, 0.4) is 0 Å². The van der Waals surface area contributed by atoms with Gasteiger partial charge in [-0.3, -0.25) is 4.57 Å². The summed E-state index contributed by atoms with van der Waals surface area (Å²) < 4.78 is 1.98. The first-order valence-corrected chi connectivity index (χ1v) is 9.58. The largest absolute Gasteiger partial charge is 0.298 e. The van der Waals surface area contributed by atoms with Gasteiger partial charge in [0.15, 0.2) is 11.0 Å². The van der Waals surface area contributed by atoms with E-state index < -0.39 is 0 Å². The summed E-state index contributed by atoms with van der Waals surface area (Å²) in [4.78, 5) is 0. The quantitative estimate of drug-likeness (QED) is 0.349. The van der Waals surface area contributed by atoms with Gasteiger partial charge in [-0.15, -0.1) is 16.8 Å². The molecule has 0 fully saturated rings. The summed E-state index contributed by atoms with van der Waals surface area (Å²) in [6.45, 7) is 4.40. The average molecular weight is 411 g/mol. The first kappa shape index (κ1) is 18.3. The van der Waals surface area contributed by atoms with E-state index in [2.05, 4.69) is 16.8 Å². The maximum atomic E-state index is 6.31. The molecule has 3 aromatic rings. The van der Waals surface area contributed by atoms with Crippen molar-refractivity contribution >= 4 is 46.6 Å². The van der Waals surface area contributed by atoms with E-state index >= 15 is 0 Å². The normalized spacial score (nSPS) is 10.8. The van der Waals surface area contributed by atoms with Crippen molar-refractivity contribution in [2.75, 3.05) is 0 Å². The van der Waals surface area contributed by atoms with Crippen LogP contribution in [0.25, 0.3) is 11.4 Å². The van der Waals surface area contributed by atoms with Gasteiger partial charge in [-0.1, -0.05) is 70.8 Å². The van der Waals surface area contributed by atoms with Crippen LogP contribution in [0.15, 0.2) is 60.3 Å². The minimum atomic E-state index is 0.576. The minimum Gasteiger partial charge on any atom is -0.298 e. The fourth-order valence-electron chi connectivity index (χ4n) is 2.34. The van der Waals surface area contributed by atoms with Crippen molar-refractivity contribution in [3.8, 4) is 11.4 Å². The molecule has 0 aliphatic carbocycles. The Bertz CT molecular complexity index is 888. The molecule has 0 bridgehead atoms. The zero-order valence-corrected chi connectivity index (χ0v) is 16.2. The lowest BCUT2D eigenvalue weighted by molar-refractivity contribution is 0.731. The van der Waals surface area contributed by atoms with E-state index in [0.29, 0.717) is 33.2 Å². The van der Waals surface area contributed by atoms with E-state index in [1.54, 1.807) is 6.08 Å². The molecule has 128 valence electrons. The van der Waals surface area contributed by atoms with Gasteiger partial charge < -0.3 is 0 Å². The molecular formula is C18H14Cl3N3S. The van der Waals surface area contributed by atoms with E-state index in [0.717, 1.165) is 16.3 Å². The van der Waals surface area contributed by atoms with E-state index in [1.165, 1.54) is 11.8 Å². The molecule has 0 saturated carbocycles. The number of aromatic nitrogens is 3. The van der Waals surface area contributed by atoms with Crippen molar-refractivity contribution in [2.45, 2.75) is 17.5 Å². The average Bonchev–Trinajstić information content (AvgIpc) is 2.98. The molecule has 0 aliphatic rings. The fraction of sp³-hybridized carbons (Fsp3) is 0.111. The van der Waals surface area contributed by atoms with Crippen LogP contribution in [0.4, 0.5) is 0 Å². The van der Waals surface area contributed by atoms with Crippen LogP contribution in [0.5, 0.6) is 0 Å². The molecule has 0 atom stereocenters. The molecule has 25 heavy (non-hydrogen) atoms. The van der Waals surface area contributed by atoms with Gasteiger partial charge in [-0.2, -0.15) is 0 Å². The van der Waals surface area contributed by atoms with E-state index in [4.69, 9.17) is 34.8 Å². The van der Waals surface area contributed by atoms with Gasteiger partial charge in [0.2, 0.25) is 0 Å². The van der Waals surface area contributed by atoms with Crippen LogP contribution in [-0.2, 0) is 12.3 Å². The van der Waals surface area contributed by atoms with E-state index in [9.17, 15) is 0 Å². The van der Waals surface area contributed by atoms with E-state index in [-0.39, 0.29) is 0 Å². The van der Waals surface area contributed by atoms with Crippen LogP contribution >= 0.6 is 46.6 Å². The van der Waals surface area contributed by atoms with Crippen molar-refractivity contribution in [1.29, 1.82) is 0 Å². The molecule has 0 N–H and O–H groups in total. The highest BCUT2D eigenvalue weighted by Gasteiger charge is 2.16. The van der Waals surface area contributed by atoms with Gasteiger partial charge in [0.05, 0.1) is 5.02 Å². The van der Waals surface area contributed by atoms with Crippen molar-refractivity contribution in [3.63, 3.8) is 0 Å². The van der Waals surface area contributed by atoms with Crippen LogP contribution < -0.4 is 0 Å². The van der Waals surface area contributed by atoms with Crippen LogP contribution in [0.1, 0.15) is 5.56 Å². The first-order chi connectivity index (χ1) is 12.1. The smallest absolute Gasteiger partial charge is 0.192 e. The van der Waals surface area contributed by atoms with Crippen LogP contribution in [0.2, 0.25) is 15.1 Å². The van der Waals surface area contributed by atoms with Gasteiger partial charge in [0.25, 0.3) is 0 Å². The molecule has 1 heterocycles. The predicted molar refractivity (Wildman–Crippen MR) is 107 cm³/mol. The molecule has 7 heteroatoms. The summed E-state index contributed by atoms with van der Waals surface area (Å²) >= 11 is 20.3. The van der Waals surface area contributed by atoms with E-state index in [1.807, 2.05) is 47.0 Å². The highest BCUT2D eigenvalue weighted by Crippen LogP contribution is 2.33. The fourth-order valence-corrected chi connectivity index (χ4v) is 4.25. The summed E-state index contributed by atoms with van der Waals surface area (Å²) in [5.41, 5.74) is 1.71. The van der Waals surface area contributed by atoms with Crippen LogP contribution in [-0.4, -0.2) is 14.8 Å². The highest BCUT2D eigenvalue weighted by atomic mass is 35.5. The Morgan fingerprint density at radius 2 is 1.64 bits per heavy atom. The maximum absolute atomic E-state index is 6.31. The van der Waals surface area contributed by atoms with Crippen LogP contribution in [0, 0.1) is 0 Å². The SMILES string of the molecule is C=CCn1c(SCc2c(Cl)cccc2Cl)nnc1-c1ccccc1Cl. The Labute approximate surface area is 165 Å². The number of halogens is 3. The lowest BCUT2D eigenvalue weighted by atomic mass is 10.2. The number of nitrogens with zero attached hydrogens (tertiary/aromatic N) is 3. The zero-order valence-electron chi connectivity index (χ0n) is 13.1. The molecule has 3 nitrogen and oxygen atoms in total. The number of benzene rings is 2. The first-order valence-electron chi connectivity index (χ1n) is 7.46. The highest BCUT2D eigenvalue weighted by molar-refractivity contribution is 7.98. The number of hydrogen-bond donors (Lipinski definition) is 0. The summed E-state index contributed by atoms with van der Waals surface area (Å²) in [6, 6.07) is 13.0. The third-order valence-electron chi connectivity index (χ3n) is 3.55. The molecule has 3 rings (SSSR count). The topological polar surface area (TPSA) is 30.7 Å². The number of allylic oxidation sites excluding steroid dienone is 1. The van der Waals surface area contributed by atoms with Gasteiger partial charge in [0, 0.05) is 27.9 Å². The third kappa shape index (κ3) is 4.04. The standard InChI is InChI=1S/C18H14Cl3N3S/c1-2-10-24-17(12-6-3-4-7-14(12)19)22-23-18(24)25-11-13-15(20)8-5-9-16(13)21/h2-9H,1,10-11H2. The Morgan fingerprint density at radius 1 is 0.960 bits per heavy atom. The minimum absolute atomic E-state index is 0.576. The zero-order chi connectivity index (χ0) is 17.8. The Balaban J connectivity index is 1.92. The van der Waals surface area contributed by atoms with Gasteiger partial charge in [-0.05, 0) is 29.8 Å². The summed E-state index contributed by atoms with van der Waals surface area (Å²) in [5, 5.41) is 11.3. The number of thioether (sulfide) groups is 1. The third-order valence-corrected chi connectivity index (χ3v) is 5.58. The second kappa shape index (κ2) is 8.28. The molecule has 2 aromatic carbocycles. The molecule has 0 spiro atoms. The van der Waals surface area contributed by atoms with Crippen molar-refractivity contribution in [3.05, 3.63) is 75.8 Å². The Kier molecular flexibility index (Phi) is 6.07. The number of hydrogen-bond acceptors (Lipinski definition) is 3. The molecule has 0 aliphatic heterocycles. The van der Waals surface area contributed by atoms with Gasteiger partial charge >= 0.3 is 0 Å². The predicted octanol–water partition coefficient (Wildman–Crippen LogP) is 6.38. The van der Waals surface area contributed by atoms with Crippen molar-refractivity contribution in [2.24, 2.45) is 0 Å². The van der Waals surface area contributed by atoms with Gasteiger partial charge in [0.1, 0.15) is 0 Å². The molecular weight excluding hydrogens is 397 g/mol. The second-order valence-electron chi connectivity index (χ2n) is 5.17. The summed E-state index contributed by atoms with van der Waals surface area (Å²) in [6.07, 6.45) is 1.80. The van der Waals surface area contributed by atoms with Crippen molar-refractivity contribution < 1.29 is 0 Å². The Morgan fingerprint density at radius 3 is 2.32 bits per heavy atom. The molecule has 0 amide bonds. The molecule has 0 radical (unpaired) electrons. The molecule has 0 unspecified atom stereocenters. The monoisotopic (exact) mass is 409 g/mol. The lowest BCUT2D eigenvalue weighted by Gasteiger charge is -2.10. The summed E-state index contributed by atoms with van der Waals surface area (Å²) in [7, 11) is 0. The van der Waals surface area contributed by atoms with Crippen molar-refractivity contribution in [1.82, 2.24) is 14.8 Å².